The molecule has 18 heavy (non-hydrogen) atoms. The fourth-order valence-corrected chi connectivity index (χ4v) is 2.38. The first-order valence-electron chi connectivity index (χ1n) is 6.50. The van der Waals surface area contributed by atoms with Crippen molar-refractivity contribution in [2.45, 2.75) is 32.7 Å². The van der Waals surface area contributed by atoms with Crippen molar-refractivity contribution in [2.75, 3.05) is 26.7 Å². The molecule has 1 fully saturated rings. The molecule has 1 saturated heterocycles. The Balaban J connectivity index is 0.00000162. The van der Waals surface area contributed by atoms with Gasteiger partial charge in [0.25, 0.3) is 0 Å². The zero-order chi connectivity index (χ0) is 12.1. The third kappa shape index (κ3) is 4.23. The fourth-order valence-electron chi connectivity index (χ4n) is 2.38. The summed E-state index contributed by atoms with van der Waals surface area (Å²) in [5.74, 6) is 2.37. The van der Waals surface area contributed by atoms with Gasteiger partial charge in [0, 0.05) is 13.0 Å². The maximum absolute atomic E-state index is 5.26. The van der Waals surface area contributed by atoms with Crippen molar-refractivity contribution < 1.29 is 4.52 Å². The summed E-state index contributed by atoms with van der Waals surface area (Å²) in [6.45, 7) is 6.29. The van der Waals surface area contributed by atoms with E-state index in [1.54, 1.807) is 0 Å². The molecular weight excluding hydrogens is 252 g/mol. The van der Waals surface area contributed by atoms with E-state index in [1.807, 2.05) is 7.05 Å². The summed E-state index contributed by atoms with van der Waals surface area (Å²) in [6.07, 6.45) is 3.23. The van der Waals surface area contributed by atoms with E-state index in [0.717, 1.165) is 56.7 Å². The molecule has 0 bridgehead atoms. The fraction of sp³-hybridized carbons (Fsp3) is 0.833. The van der Waals surface area contributed by atoms with Crippen LogP contribution in [0.4, 0.5) is 0 Å². The first kappa shape index (κ1) is 15.4. The number of halogens is 1. The van der Waals surface area contributed by atoms with E-state index in [0.29, 0.717) is 0 Å². The summed E-state index contributed by atoms with van der Waals surface area (Å²) in [5, 5.41) is 7.22. The number of aryl methyl sites for hydroxylation is 1. The topological polar surface area (TPSA) is 54.2 Å². The quantitative estimate of drug-likeness (QED) is 0.852. The van der Waals surface area contributed by atoms with Crippen LogP contribution in [0.1, 0.15) is 31.5 Å². The lowest BCUT2D eigenvalue weighted by Crippen LogP contribution is -2.24. The molecular formula is C12H23ClN4O. The molecule has 1 atom stereocenters. The van der Waals surface area contributed by atoms with Crippen LogP contribution in [0, 0.1) is 5.92 Å². The standard InChI is InChI=1S/C12H22N4O.ClH/c1-3-4-11-14-12(17-15-11)9-16-6-5-10(8-16)7-13-2;/h10,13H,3-9H2,1-2H3;1H. The minimum Gasteiger partial charge on any atom is -0.338 e. The van der Waals surface area contributed by atoms with Crippen LogP contribution in [0.3, 0.4) is 0 Å². The molecule has 0 aliphatic carbocycles. The van der Waals surface area contributed by atoms with Gasteiger partial charge in [0.1, 0.15) is 0 Å². The van der Waals surface area contributed by atoms with Crippen molar-refractivity contribution >= 4 is 12.4 Å². The summed E-state index contributed by atoms with van der Waals surface area (Å²) in [6, 6.07) is 0. The van der Waals surface area contributed by atoms with Crippen LogP contribution < -0.4 is 5.32 Å². The summed E-state index contributed by atoms with van der Waals surface area (Å²) in [4.78, 5) is 6.79. The Hall–Kier alpha value is -0.650. The lowest BCUT2D eigenvalue weighted by atomic mass is 10.1. The van der Waals surface area contributed by atoms with Gasteiger partial charge in [0.05, 0.1) is 6.54 Å². The first-order valence-corrected chi connectivity index (χ1v) is 6.50. The summed E-state index contributed by atoms with van der Waals surface area (Å²) in [7, 11) is 2.01. The molecule has 0 spiro atoms. The average molecular weight is 275 g/mol. The molecule has 5 nitrogen and oxygen atoms in total. The Morgan fingerprint density at radius 1 is 1.50 bits per heavy atom. The largest absolute Gasteiger partial charge is 0.338 e. The molecule has 2 heterocycles. The lowest BCUT2D eigenvalue weighted by Gasteiger charge is -2.12. The highest BCUT2D eigenvalue weighted by molar-refractivity contribution is 5.85. The zero-order valence-electron chi connectivity index (χ0n) is 11.2. The molecule has 0 amide bonds. The molecule has 1 aliphatic heterocycles. The van der Waals surface area contributed by atoms with Crippen LogP contribution in [0.2, 0.25) is 0 Å². The number of hydrogen-bond acceptors (Lipinski definition) is 5. The lowest BCUT2D eigenvalue weighted by molar-refractivity contribution is 0.259. The van der Waals surface area contributed by atoms with E-state index < -0.39 is 0 Å². The number of nitrogens with zero attached hydrogens (tertiary/aromatic N) is 3. The van der Waals surface area contributed by atoms with Crippen molar-refractivity contribution in [3.63, 3.8) is 0 Å². The minimum absolute atomic E-state index is 0. The Morgan fingerprint density at radius 3 is 3.06 bits per heavy atom. The van der Waals surface area contributed by atoms with Crippen LogP contribution in [0.5, 0.6) is 0 Å². The SMILES string of the molecule is CCCc1noc(CN2CCC(CNC)C2)n1.Cl. The third-order valence-corrected chi connectivity index (χ3v) is 3.21. The van der Waals surface area contributed by atoms with Gasteiger partial charge in [-0.15, -0.1) is 12.4 Å². The van der Waals surface area contributed by atoms with Crippen molar-refractivity contribution in [1.29, 1.82) is 0 Å². The van der Waals surface area contributed by atoms with Crippen LogP contribution >= 0.6 is 12.4 Å². The van der Waals surface area contributed by atoms with Gasteiger partial charge >= 0.3 is 0 Å². The molecule has 1 aromatic heterocycles. The maximum Gasteiger partial charge on any atom is 0.240 e. The van der Waals surface area contributed by atoms with Crippen LogP contribution in [0.25, 0.3) is 0 Å². The van der Waals surface area contributed by atoms with E-state index in [-0.39, 0.29) is 12.4 Å². The summed E-state index contributed by atoms with van der Waals surface area (Å²) < 4.78 is 5.26. The Morgan fingerprint density at radius 2 is 2.33 bits per heavy atom. The van der Waals surface area contributed by atoms with Gasteiger partial charge in [0.2, 0.25) is 5.89 Å². The highest BCUT2D eigenvalue weighted by Crippen LogP contribution is 2.17. The third-order valence-electron chi connectivity index (χ3n) is 3.21. The predicted octanol–water partition coefficient (Wildman–Crippen LogP) is 1.49. The molecule has 1 aromatic rings. The zero-order valence-corrected chi connectivity index (χ0v) is 12.0. The van der Waals surface area contributed by atoms with Gasteiger partial charge < -0.3 is 9.84 Å². The molecule has 1 aliphatic rings. The monoisotopic (exact) mass is 274 g/mol. The van der Waals surface area contributed by atoms with Gasteiger partial charge in [-0.05, 0) is 38.9 Å². The number of nitrogens with one attached hydrogen (secondary N) is 1. The van der Waals surface area contributed by atoms with E-state index >= 15 is 0 Å². The van der Waals surface area contributed by atoms with Gasteiger partial charge in [-0.3, -0.25) is 4.90 Å². The van der Waals surface area contributed by atoms with Crippen molar-refractivity contribution in [3.8, 4) is 0 Å². The average Bonchev–Trinajstić information content (AvgIpc) is 2.91. The van der Waals surface area contributed by atoms with Gasteiger partial charge in [-0.2, -0.15) is 4.98 Å². The number of rotatable bonds is 6. The second-order valence-corrected chi connectivity index (χ2v) is 4.80. The smallest absolute Gasteiger partial charge is 0.240 e. The van der Waals surface area contributed by atoms with E-state index in [2.05, 4.69) is 27.3 Å². The second kappa shape index (κ2) is 7.71. The van der Waals surface area contributed by atoms with Gasteiger partial charge in [-0.25, -0.2) is 0 Å². The van der Waals surface area contributed by atoms with Crippen LogP contribution in [-0.2, 0) is 13.0 Å². The molecule has 0 radical (unpaired) electrons. The second-order valence-electron chi connectivity index (χ2n) is 4.80. The van der Waals surface area contributed by atoms with Gasteiger partial charge in [0.15, 0.2) is 5.82 Å². The highest BCUT2D eigenvalue weighted by atomic mass is 35.5. The number of likely N-dealkylation sites (tertiary alicyclic amines) is 1. The molecule has 1 N–H and O–H groups in total. The summed E-state index contributed by atoms with van der Waals surface area (Å²) >= 11 is 0. The first-order chi connectivity index (χ1) is 8.31. The van der Waals surface area contributed by atoms with E-state index in [4.69, 9.17) is 4.52 Å². The molecule has 6 heteroatoms. The van der Waals surface area contributed by atoms with Crippen LogP contribution in [0.15, 0.2) is 4.52 Å². The normalized spacial score (nSPS) is 20.0. The Labute approximate surface area is 115 Å². The molecule has 0 aromatic carbocycles. The maximum atomic E-state index is 5.26. The van der Waals surface area contributed by atoms with Crippen molar-refractivity contribution in [3.05, 3.63) is 11.7 Å². The predicted molar refractivity (Wildman–Crippen MR) is 72.9 cm³/mol. The van der Waals surface area contributed by atoms with Gasteiger partial charge in [-0.1, -0.05) is 12.1 Å². The van der Waals surface area contributed by atoms with E-state index in [9.17, 15) is 0 Å². The highest BCUT2D eigenvalue weighted by Gasteiger charge is 2.23. The Kier molecular flexibility index (Phi) is 6.60. The molecule has 2 rings (SSSR count). The van der Waals surface area contributed by atoms with E-state index in [1.165, 1.54) is 6.42 Å². The molecule has 104 valence electrons. The van der Waals surface area contributed by atoms with Crippen molar-refractivity contribution in [1.82, 2.24) is 20.4 Å². The number of aromatic nitrogens is 2. The molecule has 1 unspecified atom stereocenters. The van der Waals surface area contributed by atoms with Crippen molar-refractivity contribution in [2.24, 2.45) is 5.92 Å². The molecule has 0 saturated carbocycles. The minimum atomic E-state index is 0. The summed E-state index contributed by atoms with van der Waals surface area (Å²) in [5.41, 5.74) is 0. The number of hydrogen-bond donors (Lipinski definition) is 1. The Bertz CT molecular complexity index is 345. The van der Waals surface area contributed by atoms with Crippen LogP contribution in [-0.4, -0.2) is 41.7 Å².